The first-order valence-corrected chi connectivity index (χ1v) is 5.01. The maximum atomic E-state index is 9.37. The molecular formula is C10H16O2. The van der Waals surface area contributed by atoms with Crippen LogP contribution in [0.15, 0.2) is 0 Å². The molecule has 0 aromatic carbocycles. The Morgan fingerprint density at radius 2 is 1.50 bits per heavy atom. The van der Waals surface area contributed by atoms with Crippen molar-refractivity contribution < 1.29 is 10.2 Å². The molecule has 2 N–H and O–H groups in total. The van der Waals surface area contributed by atoms with Crippen LogP contribution in [0.3, 0.4) is 0 Å². The lowest BCUT2D eigenvalue weighted by Crippen LogP contribution is -2.27. The third kappa shape index (κ3) is 0.495. The van der Waals surface area contributed by atoms with Crippen LogP contribution >= 0.6 is 0 Å². The summed E-state index contributed by atoms with van der Waals surface area (Å²) in [6.07, 6.45) is 4.98. The first-order valence-electron chi connectivity index (χ1n) is 5.01. The molecule has 0 aliphatic heterocycles. The number of hydrogen-bond acceptors (Lipinski definition) is 2. The van der Waals surface area contributed by atoms with Crippen LogP contribution in [0, 0.1) is 22.7 Å². The van der Waals surface area contributed by atoms with Gasteiger partial charge < -0.3 is 10.2 Å². The average Bonchev–Trinajstić information content (AvgIpc) is 2.47. The highest BCUT2D eigenvalue weighted by Crippen LogP contribution is 2.81. The summed E-state index contributed by atoms with van der Waals surface area (Å²) in [6.45, 7) is 0.628. The molecule has 0 aromatic rings. The van der Waals surface area contributed by atoms with Gasteiger partial charge >= 0.3 is 0 Å². The highest BCUT2D eigenvalue weighted by atomic mass is 16.3. The minimum Gasteiger partial charge on any atom is -0.396 e. The Morgan fingerprint density at radius 1 is 1.00 bits per heavy atom. The van der Waals surface area contributed by atoms with Crippen LogP contribution in [0.1, 0.15) is 25.7 Å². The second kappa shape index (κ2) is 1.88. The minimum absolute atomic E-state index is 0.171. The minimum atomic E-state index is 0.171. The van der Waals surface area contributed by atoms with Crippen LogP contribution < -0.4 is 0 Å². The van der Waals surface area contributed by atoms with Crippen molar-refractivity contribution >= 4 is 0 Å². The van der Waals surface area contributed by atoms with Crippen molar-refractivity contribution in [1.82, 2.24) is 0 Å². The summed E-state index contributed by atoms with van der Waals surface area (Å²) in [6, 6.07) is 0. The third-order valence-electron chi connectivity index (χ3n) is 5.06. The lowest BCUT2D eigenvalue weighted by atomic mass is 9.80. The van der Waals surface area contributed by atoms with E-state index < -0.39 is 0 Å². The highest BCUT2D eigenvalue weighted by Gasteiger charge is 2.78. The normalized spacial score (nSPS) is 60.5. The molecule has 3 aliphatic carbocycles. The second-order valence-corrected chi connectivity index (χ2v) is 5.01. The van der Waals surface area contributed by atoms with Gasteiger partial charge in [0, 0.05) is 24.0 Å². The molecule has 2 bridgehead atoms. The van der Waals surface area contributed by atoms with E-state index in [1.165, 1.54) is 19.3 Å². The third-order valence-corrected chi connectivity index (χ3v) is 5.06. The Morgan fingerprint density at radius 3 is 1.92 bits per heavy atom. The van der Waals surface area contributed by atoms with Crippen molar-refractivity contribution in [2.24, 2.45) is 22.7 Å². The Hall–Kier alpha value is -0.0800. The summed E-state index contributed by atoms with van der Waals surface area (Å²) in [5.41, 5.74) is 0.343. The van der Waals surface area contributed by atoms with Crippen molar-refractivity contribution in [3.05, 3.63) is 0 Å². The molecule has 2 nitrogen and oxygen atoms in total. The largest absolute Gasteiger partial charge is 0.396 e. The van der Waals surface area contributed by atoms with E-state index in [0.29, 0.717) is 13.2 Å². The van der Waals surface area contributed by atoms with Crippen molar-refractivity contribution in [2.75, 3.05) is 13.2 Å². The van der Waals surface area contributed by atoms with Crippen LogP contribution in [0.25, 0.3) is 0 Å². The quantitative estimate of drug-likeness (QED) is 0.639. The summed E-state index contributed by atoms with van der Waals surface area (Å²) < 4.78 is 0. The summed E-state index contributed by atoms with van der Waals surface area (Å²) in [4.78, 5) is 0. The van der Waals surface area contributed by atoms with Crippen molar-refractivity contribution in [2.45, 2.75) is 25.7 Å². The predicted molar refractivity (Wildman–Crippen MR) is 44.5 cm³/mol. The SMILES string of the molecule is OCC12CC1(CO)C1CCC2C1. The monoisotopic (exact) mass is 168 g/mol. The van der Waals surface area contributed by atoms with Gasteiger partial charge in [0.2, 0.25) is 0 Å². The molecule has 3 rings (SSSR count). The number of aliphatic hydroxyl groups excluding tert-OH is 2. The summed E-state index contributed by atoms with van der Waals surface area (Å²) in [5.74, 6) is 1.47. The summed E-state index contributed by atoms with van der Waals surface area (Å²) >= 11 is 0. The molecule has 0 radical (unpaired) electrons. The zero-order chi connectivity index (χ0) is 8.40. The number of aliphatic hydroxyl groups is 2. The smallest absolute Gasteiger partial charge is 0.0496 e. The Kier molecular flexibility index (Phi) is 1.15. The van der Waals surface area contributed by atoms with E-state index in [9.17, 15) is 10.2 Å². The number of fused-ring (bicyclic) bond motifs is 5. The van der Waals surface area contributed by atoms with E-state index >= 15 is 0 Å². The van der Waals surface area contributed by atoms with E-state index in [0.717, 1.165) is 18.3 Å². The standard InChI is InChI=1S/C10H16O2/c11-5-9-4-10(9,6-12)8-2-1-7(9)3-8/h7-8,11-12H,1-6H2. The van der Waals surface area contributed by atoms with Gasteiger partial charge in [0.25, 0.3) is 0 Å². The van der Waals surface area contributed by atoms with E-state index in [1.807, 2.05) is 0 Å². The van der Waals surface area contributed by atoms with Crippen molar-refractivity contribution in [1.29, 1.82) is 0 Å². The molecule has 2 heteroatoms. The zero-order valence-corrected chi connectivity index (χ0v) is 7.29. The molecule has 0 saturated heterocycles. The molecule has 4 unspecified atom stereocenters. The maximum Gasteiger partial charge on any atom is 0.0496 e. The van der Waals surface area contributed by atoms with Crippen molar-refractivity contribution in [3.8, 4) is 0 Å². The molecule has 0 aromatic heterocycles. The van der Waals surface area contributed by atoms with Gasteiger partial charge in [0.1, 0.15) is 0 Å². The van der Waals surface area contributed by atoms with Crippen LogP contribution in [-0.2, 0) is 0 Å². The molecule has 3 aliphatic rings. The van der Waals surface area contributed by atoms with Gasteiger partial charge in [0.05, 0.1) is 0 Å². The van der Waals surface area contributed by atoms with Crippen LogP contribution in [0.4, 0.5) is 0 Å². The van der Waals surface area contributed by atoms with E-state index in [4.69, 9.17) is 0 Å². The van der Waals surface area contributed by atoms with Gasteiger partial charge in [-0.1, -0.05) is 0 Å². The maximum absolute atomic E-state index is 9.37. The van der Waals surface area contributed by atoms with Gasteiger partial charge in [0.15, 0.2) is 0 Å². The molecule has 0 amide bonds. The fourth-order valence-corrected chi connectivity index (χ4v) is 4.29. The molecule has 0 heterocycles. The van der Waals surface area contributed by atoms with Gasteiger partial charge in [-0.05, 0) is 37.5 Å². The molecule has 4 atom stereocenters. The van der Waals surface area contributed by atoms with Crippen LogP contribution in [0.2, 0.25) is 0 Å². The van der Waals surface area contributed by atoms with E-state index in [-0.39, 0.29) is 10.8 Å². The fraction of sp³-hybridized carbons (Fsp3) is 1.00. The van der Waals surface area contributed by atoms with Gasteiger partial charge in [-0.3, -0.25) is 0 Å². The van der Waals surface area contributed by atoms with E-state index in [2.05, 4.69) is 0 Å². The highest BCUT2D eigenvalue weighted by molar-refractivity contribution is 5.26. The molecule has 3 saturated carbocycles. The summed E-state index contributed by atoms with van der Waals surface area (Å²) in [7, 11) is 0. The Labute approximate surface area is 72.6 Å². The van der Waals surface area contributed by atoms with Crippen LogP contribution in [-0.4, -0.2) is 23.4 Å². The van der Waals surface area contributed by atoms with Crippen LogP contribution in [0.5, 0.6) is 0 Å². The summed E-state index contributed by atoms with van der Waals surface area (Å²) in [5, 5.41) is 18.7. The lowest BCUT2D eigenvalue weighted by Gasteiger charge is -2.26. The van der Waals surface area contributed by atoms with Gasteiger partial charge in [-0.15, -0.1) is 0 Å². The van der Waals surface area contributed by atoms with Gasteiger partial charge in [-0.25, -0.2) is 0 Å². The number of rotatable bonds is 2. The molecule has 68 valence electrons. The topological polar surface area (TPSA) is 40.5 Å². The molecule has 0 spiro atoms. The second-order valence-electron chi connectivity index (χ2n) is 5.01. The zero-order valence-electron chi connectivity index (χ0n) is 7.29. The van der Waals surface area contributed by atoms with E-state index in [1.54, 1.807) is 0 Å². The lowest BCUT2D eigenvalue weighted by molar-refractivity contribution is 0.0791. The average molecular weight is 168 g/mol. The molecular weight excluding hydrogens is 152 g/mol. The van der Waals surface area contributed by atoms with Crippen molar-refractivity contribution in [3.63, 3.8) is 0 Å². The fourth-order valence-electron chi connectivity index (χ4n) is 4.29. The Bertz CT molecular complexity index is 206. The first kappa shape index (κ1) is 7.34. The number of hydrogen-bond donors (Lipinski definition) is 2. The Balaban J connectivity index is 1.99. The predicted octanol–water partition coefficient (Wildman–Crippen LogP) is 0.777. The van der Waals surface area contributed by atoms with Gasteiger partial charge in [-0.2, -0.15) is 0 Å². The first-order chi connectivity index (χ1) is 5.79. The molecule has 12 heavy (non-hydrogen) atoms. The molecule has 3 fully saturated rings.